The standard InChI is InChI=1S/C14H30N2O2S/c1-6-14-8-15-13(7-11(2)3)9-16(14)12(4)10-19(5,17)18/h11-15H,6-10H2,1-5H3. The van der Waals surface area contributed by atoms with Crippen molar-refractivity contribution in [2.24, 2.45) is 5.92 Å². The first-order valence-electron chi connectivity index (χ1n) is 7.39. The number of nitrogens with one attached hydrogen (secondary N) is 1. The molecule has 1 aliphatic rings. The third kappa shape index (κ3) is 5.79. The zero-order valence-electron chi connectivity index (χ0n) is 13.0. The molecular weight excluding hydrogens is 260 g/mol. The number of piperazine rings is 1. The summed E-state index contributed by atoms with van der Waals surface area (Å²) in [5.74, 6) is 0.931. The summed E-state index contributed by atoms with van der Waals surface area (Å²) in [5, 5.41) is 3.61. The summed E-state index contributed by atoms with van der Waals surface area (Å²) in [6.45, 7) is 10.6. The Morgan fingerprint density at radius 1 is 1.32 bits per heavy atom. The Labute approximate surface area is 118 Å². The minimum Gasteiger partial charge on any atom is -0.311 e. The van der Waals surface area contributed by atoms with Crippen molar-refractivity contribution >= 4 is 9.84 Å². The van der Waals surface area contributed by atoms with Crippen LogP contribution >= 0.6 is 0 Å². The summed E-state index contributed by atoms with van der Waals surface area (Å²) in [6, 6.07) is 1.06. The Morgan fingerprint density at radius 3 is 2.42 bits per heavy atom. The smallest absolute Gasteiger partial charge is 0.148 e. The van der Waals surface area contributed by atoms with Crippen molar-refractivity contribution in [1.29, 1.82) is 0 Å². The van der Waals surface area contributed by atoms with Crippen LogP contribution in [0.2, 0.25) is 0 Å². The van der Waals surface area contributed by atoms with E-state index in [1.807, 2.05) is 6.92 Å². The highest BCUT2D eigenvalue weighted by molar-refractivity contribution is 7.90. The van der Waals surface area contributed by atoms with E-state index in [1.165, 1.54) is 6.26 Å². The lowest BCUT2D eigenvalue weighted by Crippen LogP contribution is -2.60. The molecule has 0 spiro atoms. The Balaban J connectivity index is 2.68. The lowest BCUT2D eigenvalue weighted by molar-refractivity contribution is 0.0891. The van der Waals surface area contributed by atoms with Crippen LogP contribution in [0, 0.1) is 5.92 Å². The molecule has 19 heavy (non-hydrogen) atoms. The monoisotopic (exact) mass is 290 g/mol. The summed E-state index contributed by atoms with van der Waals surface area (Å²) in [7, 11) is -2.91. The van der Waals surface area contributed by atoms with Gasteiger partial charge in [0.1, 0.15) is 9.84 Å². The van der Waals surface area contributed by atoms with Gasteiger partial charge in [-0.05, 0) is 25.7 Å². The molecule has 1 N–H and O–H groups in total. The summed E-state index contributed by atoms with van der Waals surface area (Å²) in [4.78, 5) is 2.39. The first kappa shape index (κ1) is 16.9. The van der Waals surface area contributed by atoms with Crippen molar-refractivity contribution in [2.45, 2.75) is 58.7 Å². The van der Waals surface area contributed by atoms with Crippen LogP contribution in [0.5, 0.6) is 0 Å². The van der Waals surface area contributed by atoms with Gasteiger partial charge in [0.05, 0.1) is 5.75 Å². The Morgan fingerprint density at radius 2 is 1.95 bits per heavy atom. The van der Waals surface area contributed by atoms with Gasteiger partial charge in [-0.2, -0.15) is 0 Å². The normalized spacial score (nSPS) is 27.7. The van der Waals surface area contributed by atoms with Crippen LogP contribution in [0.1, 0.15) is 40.5 Å². The summed E-state index contributed by atoms with van der Waals surface area (Å²) in [6.07, 6.45) is 3.55. The van der Waals surface area contributed by atoms with Crippen LogP contribution in [0.4, 0.5) is 0 Å². The van der Waals surface area contributed by atoms with Crippen LogP contribution in [0.15, 0.2) is 0 Å². The van der Waals surface area contributed by atoms with Crippen LogP contribution in [0.25, 0.3) is 0 Å². The van der Waals surface area contributed by atoms with Gasteiger partial charge in [0.2, 0.25) is 0 Å². The van der Waals surface area contributed by atoms with Gasteiger partial charge in [0.15, 0.2) is 0 Å². The maximum absolute atomic E-state index is 11.5. The van der Waals surface area contributed by atoms with Crippen LogP contribution in [-0.4, -0.2) is 56.5 Å². The quantitative estimate of drug-likeness (QED) is 0.806. The predicted molar refractivity (Wildman–Crippen MR) is 81.2 cm³/mol. The van der Waals surface area contributed by atoms with Gasteiger partial charge in [0.25, 0.3) is 0 Å². The highest BCUT2D eigenvalue weighted by Gasteiger charge is 2.31. The molecule has 0 aromatic carbocycles. The Kier molecular flexibility index (Phi) is 6.27. The molecular formula is C14H30N2O2S. The molecule has 1 saturated heterocycles. The first-order chi connectivity index (χ1) is 8.73. The van der Waals surface area contributed by atoms with Crippen molar-refractivity contribution in [1.82, 2.24) is 10.2 Å². The SMILES string of the molecule is CCC1CNC(CC(C)C)CN1C(C)CS(C)(=O)=O. The fraction of sp³-hybridized carbons (Fsp3) is 1.00. The van der Waals surface area contributed by atoms with E-state index in [1.54, 1.807) is 0 Å². The van der Waals surface area contributed by atoms with Crippen molar-refractivity contribution in [2.75, 3.05) is 25.1 Å². The lowest BCUT2D eigenvalue weighted by atomic mass is 9.98. The van der Waals surface area contributed by atoms with E-state index in [4.69, 9.17) is 0 Å². The molecule has 114 valence electrons. The fourth-order valence-electron chi connectivity index (χ4n) is 3.07. The van der Waals surface area contributed by atoms with Gasteiger partial charge in [-0.15, -0.1) is 0 Å². The third-order valence-corrected chi connectivity index (χ3v) is 4.97. The van der Waals surface area contributed by atoms with Crippen LogP contribution in [0.3, 0.4) is 0 Å². The van der Waals surface area contributed by atoms with Gasteiger partial charge in [-0.3, -0.25) is 4.90 Å². The van der Waals surface area contributed by atoms with E-state index in [2.05, 4.69) is 31.0 Å². The zero-order valence-corrected chi connectivity index (χ0v) is 13.8. The minimum atomic E-state index is -2.91. The number of nitrogens with zero attached hydrogens (tertiary/aromatic N) is 1. The van der Waals surface area contributed by atoms with Gasteiger partial charge >= 0.3 is 0 Å². The second kappa shape index (κ2) is 7.04. The van der Waals surface area contributed by atoms with E-state index in [0.29, 0.717) is 18.0 Å². The molecule has 0 amide bonds. The fourth-order valence-corrected chi connectivity index (χ4v) is 4.14. The maximum Gasteiger partial charge on any atom is 0.148 e. The molecule has 1 heterocycles. The number of sulfone groups is 1. The molecule has 0 aromatic heterocycles. The molecule has 0 radical (unpaired) electrons. The average Bonchev–Trinajstić information content (AvgIpc) is 2.25. The molecule has 3 unspecified atom stereocenters. The highest BCUT2D eigenvalue weighted by atomic mass is 32.2. The molecule has 1 rings (SSSR count). The lowest BCUT2D eigenvalue weighted by Gasteiger charge is -2.43. The number of hydrogen-bond acceptors (Lipinski definition) is 4. The highest BCUT2D eigenvalue weighted by Crippen LogP contribution is 2.18. The van der Waals surface area contributed by atoms with E-state index >= 15 is 0 Å². The molecule has 3 atom stereocenters. The largest absolute Gasteiger partial charge is 0.311 e. The zero-order chi connectivity index (χ0) is 14.6. The molecule has 1 fully saturated rings. The van der Waals surface area contributed by atoms with Gasteiger partial charge in [0, 0.05) is 37.5 Å². The molecule has 5 heteroatoms. The van der Waals surface area contributed by atoms with Crippen LogP contribution in [-0.2, 0) is 9.84 Å². The van der Waals surface area contributed by atoms with E-state index in [-0.39, 0.29) is 11.8 Å². The molecule has 0 saturated carbocycles. The summed E-state index contributed by atoms with van der Waals surface area (Å²) in [5.41, 5.74) is 0. The molecule has 0 bridgehead atoms. The van der Waals surface area contributed by atoms with Crippen molar-refractivity contribution in [3.63, 3.8) is 0 Å². The number of hydrogen-bond donors (Lipinski definition) is 1. The summed E-state index contributed by atoms with van der Waals surface area (Å²) >= 11 is 0. The van der Waals surface area contributed by atoms with E-state index in [9.17, 15) is 8.42 Å². The average molecular weight is 290 g/mol. The van der Waals surface area contributed by atoms with Crippen molar-refractivity contribution < 1.29 is 8.42 Å². The maximum atomic E-state index is 11.5. The predicted octanol–water partition coefficient (Wildman–Crippen LogP) is 1.52. The molecule has 1 aliphatic heterocycles. The first-order valence-corrected chi connectivity index (χ1v) is 9.45. The minimum absolute atomic E-state index is 0.108. The Hall–Kier alpha value is -0.130. The van der Waals surface area contributed by atoms with Gasteiger partial charge < -0.3 is 5.32 Å². The topological polar surface area (TPSA) is 49.4 Å². The van der Waals surface area contributed by atoms with E-state index in [0.717, 1.165) is 25.9 Å². The number of rotatable bonds is 6. The van der Waals surface area contributed by atoms with Crippen molar-refractivity contribution in [3.8, 4) is 0 Å². The molecule has 4 nitrogen and oxygen atoms in total. The van der Waals surface area contributed by atoms with Gasteiger partial charge in [-0.1, -0.05) is 20.8 Å². The van der Waals surface area contributed by atoms with Crippen molar-refractivity contribution in [3.05, 3.63) is 0 Å². The summed E-state index contributed by atoms with van der Waals surface area (Å²) < 4.78 is 23.0. The van der Waals surface area contributed by atoms with Crippen LogP contribution < -0.4 is 5.32 Å². The second-order valence-corrected chi connectivity index (χ2v) is 8.62. The Bertz CT molecular complexity index is 368. The molecule has 0 aromatic rings. The second-order valence-electron chi connectivity index (χ2n) is 6.44. The third-order valence-electron chi connectivity index (χ3n) is 3.88. The van der Waals surface area contributed by atoms with Gasteiger partial charge in [-0.25, -0.2) is 8.42 Å². The van der Waals surface area contributed by atoms with E-state index < -0.39 is 9.84 Å². The molecule has 0 aliphatic carbocycles.